The van der Waals surface area contributed by atoms with Gasteiger partial charge in [0.25, 0.3) is 0 Å². The quantitative estimate of drug-likeness (QED) is 0.875. The summed E-state index contributed by atoms with van der Waals surface area (Å²) in [5, 5.41) is 9.77. The van der Waals surface area contributed by atoms with Gasteiger partial charge in [-0.25, -0.2) is 0 Å². The summed E-state index contributed by atoms with van der Waals surface area (Å²) < 4.78 is 12.2. The minimum absolute atomic E-state index is 0.0188. The average Bonchev–Trinajstić information content (AvgIpc) is 2.83. The van der Waals surface area contributed by atoms with Crippen molar-refractivity contribution in [2.75, 3.05) is 6.61 Å². The van der Waals surface area contributed by atoms with Crippen molar-refractivity contribution >= 4 is 26.9 Å². The van der Waals surface area contributed by atoms with E-state index in [1.165, 1.54) is 0 Å². The first kappa shape index (κ1) is 12.7. The lowest BCUT2D eigenvalue weighted by Crippen LogP contribution is -2.17. The zero-order chi connectivity index (χ0) is 13.7. The molecule has 1 aromatic heterocycles. The summed E-state index contributed by atoms with van der Waals surface area (Å²) in [4.78, 5) is 12.3. The molecule has 1 aromatic carbocycles. The van der Waals surface area contributed by atoms with Gasteiger partial charge in [0, 0.05) is 17.5 Å². The van der Waals surface area contributed by atoms with Crippen LogP contribution in [0.15, 0.2) is 19.8 Å². The fourth-order valence-electron chi connectivity index (χ4n) is 2.40. The Kier molecular flexibility index (Phi) is 2.91. The van der Waals surface area contributed by atoms with Gasteiger partial charge in [0.15, 0.2) is 5.43 Å². The highest BCUT2D eigenvalue weighted by molar-refractivity contribution is 9.10. The Morgan fingerprint density at radius 1 is 1.47 bits per heavy atom. The second kappa shape index (κ2) is 4.35. The van der Waals surface area contributed by atoms with Crippen LogP contribution in [0.25, 0.3) is 11.0 Å². The van der Waals surface area contributed by atoms with Crippen LogP contribution < -0.4 is 10.2 Å². The van der Waals surface area contributed by atoms with Crippen molar-refractivity contribution in [3.63, 3.8) is 0 Å². The first-order valence-corrected chi connectivity index (χ1v) is 6.85. The Hall–Kier alpha value is -1.33. The zero-order valence-electron chi connectivity index (χ0n) is 10.6. The third-order valence-electron chi connectivity index (χ3n) is 3.57. The molecule has 0 aliphatic carbocycles. The van der Waals surface area contributed by atoms with Gasteiger partial charge in [-0.05, 0) is 35.8 Å². The number of aliphatic hydroxyl groups is 1. The minimum Gasteiger partial charge on any atom is -0.486 e. The molecule has 0 saturated carbocycles. The van der Waals surface area contributed by atoms with E-state index in [-0.39, 0.29) is 18.1 Å². The number of ether oxygens (including phenoxy) is 1. The molecule has 0 fully saturated rings. The van der Waals surface area contributed by atoms with Gasteiger partial charge in [-0.15, -0.1) is 0 Å². The average molecular weight is 325 g/mol. The second-order valence-electron chi connectivity index (χ2n) is 4.78. The van der Waals surface area contributed by atoms with Crippen molar-refractivity contribution in [3.05, 3.63) is 37.6 Å². The molecule has 1 aliphatic heterocycles. The maximum atomic E-state index is 12.3. The third kappa shape index (κ3) is 1.80. The van der Waals surface area contributed by atoms with E-state index < -0.39 is 0 Å². The van der Waals surface area contributed by atoms with Gasteiger partial charge in [-0.2, -0.15) is 0 Å². The molecule has 0 radical (unpaired) electrons. The molecule has 19 heavy (non-hydrogen) atoms. The molecule has 2 heterocycles. The Morgan fingerprint density at radius 3 is 2.89 bits per heavy atom. The number of hydrogen-bond donors (Lipinski definition) is 1. The van der Waals surface area contributed by atoms with E-state index in [1.807, 2.05) is 0 Å². The Bertz CT molecular complexity index is 733. The van der Waals surface area contributed by atoms with E-state index in [1.54, 1.807) is 19.9 Å². The van der Waals surface area contributed by atoms with Crippen LogP contribution >= 0.6 is 15.9 Å². The van der Waals surface area contributed by atoms with Gasteiger partial charge >= 0.3 is 0 Å². The summed E-state index contributed by atoms with van der Waals surface area (Å²) in [6.45, 7) is 3.48. The Morgan fingerprint density at radius 2 is 2.21 bits per heavy atom. The summed E-state index contributed by atoms with van der Waals surface area (Å²) in [6.07, 6.45) is 0.275. The highest BCUT2D eigenvalue weighted by atomic mass is 79.9. The number of aryl methyl sites for hydroxylation is 1. The fraction of sp³-hybridized carbons (Fsp3) is 0.357. The third-order valence-corrected chi connectivity index (χ3v) is 4.16. The van der Waals surface area contributed by atoms with E-state index in [4.69, 9.17) is 9.15 Å². The Balaban J connectivity index is 2.39. The maximum absolute atomic E-state index is 12.3. The van der Waals surface area contributed by atoms with Crippen LogP contribution in [-0.2, 0) is 6.42 Å². The predicted octanol–water partition coefficient (Wildman–Crippen LogP) is 2.47. The van der Waals surface area contributed by atoms with E-state index in [0.29, 0.717) is 34.5 Å². The van der Waals surface area contributed by atoms with Crippen molar-refractivity contribution < 1.29 is 14.3 Å². The Labute approximate surface area is 118 Å². The van der Waals surface area contributed by atoms with Gasteiger partial charge in [-0.3, -0.25) is 4.79 Å². The maximum Gasteiger partial charge on any atom is 0.195 e. The molecule has 4 nitrogen and oxygen atoms in total. The molecule has 0 saturated heterocycles. The molecule has 0 bridgehead atoms. The van der Waals surface area contributed by atoms with Crippen molar-refractivity contribution in [2.45, 2.75) is 26.4 Å². The molecule has 0 amide bonds. The SMILES string of the molecule is Cc1oc2c3c(c(Br)cc2c(=O)c1C)OC(CO)C3. The number of rotatable bonds is 1. The lowest BCUT2D eigenvalue weighted by atomic mass is 10.0. The highest BCUT2D eigenvalue weighted by Crippen LogP contribution is 2.40. The van der Waals surface area contributed by atoms with Gasteiger partial charge in [0.2, 0.25) is 0 Å². The van der Waals surface area contributed by atoms with Crippen molar-refractivity contribution in [2.24, 2.45) is 0 Å². The molecule has 1 unspecified atom stereocenters. The first-order chi connectivity index (χ1) is 9.02. The molecule has 0 spiro atoms. The normalized spacial score (nSPS) is 17.6. The van der Waals surface area contributed by atoms with Gasteiger partial charge < -0.3 is 14.3 Å². The molecule has 100 valence electrons. The van der Waals surface area contributed by atoms with Crippen LogP contribution in [0.4, 0.5) is 0 Å². The van der Waals surface area contributed by atoms with E-state index >= 15 is 0 Å². The molecule has 2 aromatic rings. The molecular formula is C14H13BrO4. The second-order valence-corrected chi connectivity index (χ2v) is 5.64. The minimum atomic E-state index is -0.274. The summed E-state index contributed by atoms with van der Waals surface area (Å²) in [6, 6.07) is 1.73. The van der Waals surface area contributed by atoms with Crippen molar-refractivity contribution in [3.8, 4) is 5.75 Å². The van der Waals surface area contributed by atoms with Crippen LogP contribution in [0.1, 0.15) is 16.9 Å². The van der Waals surface area contributed by atoms with E-state index in [9.17, 15) is 9.90 Å². The summed E-state index contributed by atoms with van der Waals surface area (Å²) in [5.74, 6) is 1.28. The molecule has 1 N–H and O–H groups in total. The lowest BCUT2D eigenvalue weighted by molar-refractivity contribution is 0.134. The van der Waals surface area contributed by atoms with E-state index in [0.717, 1.165) is 10.0 Å². The zero-order valence-corrected chi connectivity index (χ0v) is 12.2. The molecule has 3 rings (SSSR count). The number of halogens is 1. The summed E-state index contributed by atoms with van der Waals surface area (Å²) in [7, 11) is 0. The fourth-order valence-corrected chi connectivity index (χ4v) is 2.96. The summed E-state index contributed by atoms with van der Waals surface area (Å²) >= 11 is 3.42. The van der Waals surface area contributed by atoms with Crippen LogP contribution in [0.5, 0.6) is 5.75 Å². The monoisotopic (exact) mass is 324 g/mol. The summed E-state index contributed by atoms with van der Waals surface area (Å²) in [5.41, 5.74) is 2.03. The highest BCUT2D eigenvalue weighted by Gasteiger charge is 2.29. The molecule has 5 heteroatoms. The van der Waals surface area contributed by atoms with E-state index in [2.05, 4.69) is 15.9 Å². The number of benzene rings is 1. The molecular weight excluding hydrogens is 312 g/mol. The standard InChI is InChI=1S/C14H13BrO4/c1-6-7(2)18-13-9(12(6)17)4-11(15)14-10(13)3-8(5-16)19-14/h4,8,16H,3,5H2,1-2H3. The van der Waals surface area contributed by atoms with Crippen LogP contribution in [0, 0.1) is 13.8 Å². The van der Waals surface area contributed by atoms with Crippen LogP contribution in [0.3, 0.4) is 0 Å². The largest absolute Gasteiger partial charge is 0.486 e. The number of aliphatic hydroxyl groups excluding tert-OH is 1. The predicted molar refractivity (Wildman–Crippen MR) is 74.9 cm³/mol. The van der Waals surface area contributed by atoms with Crippen molar-refractivity contribution in [1.29, 1.82) is 0 Å². The van der Waals surface area contributed by atoms with Gasteiger partial charge in [-0.1, -0.05) is 0 Å². The van der Waals surface area contributed by atoms with Crippen molar-refractivity contribution in [1.82, 2.24) is 0 Å². The van der Waals surface area contributed by atoms with Gasteiger partial charge in [0.05, 0.1) is 16.5 Å². The van der Waals surface area contributed by atoms with Crippen LogP contribution in [0.2, 0.25) is 0 Å². The first-order valence-electron chi connectivity index (χ1n) is 6.05. The molecule has 1 aliphatic rings. The van der Waals surface area contributed by atoms with Gasteiger partial charge in [0.1, 0.15) is 23.2 Å². The number of fused-ring (bicyclic) bond motifs is 3. The molecule has 1 atom stereocenters. The lowest BCUT2D eigenvalue weighted by Gasteiger charge is -2.08. The number of hydrogen-bond acceptors (Lipinski definition) is 4. The van der Waals surface area contributed by atoms with Crippen LogP contribution in [-0.4, -0.2) is 17.8 Å². The smallest absolute Gasteiger partial charge is 0.195 e. The topological polar surface area (TPSA) is 59.7 Å².